The predicted molar refractivity (Wildman–Crippen MR) is 55.7 cm³/mol. The summed E-state index contributed by atoms with van der Waals surface area (Å²) in [5.41, 5.74) is 0.254. The van der Waals surface area contributed by atoms with Gasteiger partial charge in [-0.05, 0) is 18.8 Å². The number of hydrogen-bond acceptors (Lipinski definition) is 3. The monoisotopic (exact) mass is 213 g/mol. The second-order valence-corrected chi connectivity index (χ2v) is 4.95. The van der Waals surface area contributed by atoms with Crippen LogP contribution in [-0.2, 0) is 9.53 Å². The Labute approximate surface area is 90.2 Å². The Hall–Kier alpha value is -0.610. The van der Waals surface area contributed by atoms with E-state index in [1.165, 1.54) is 19.3 Å². The van der Waals surface area contributed by atoms with Crippen LogP contribution < -0.4 is 0 Å². The van der Waals surface area contributed by atoms with Crippen LogP contribution in [0.2, 0.25) is 0 Å². The van der Waals surface area contributed by atoms with Gasteiger partial charge in [-0.25, -0.2) is 0 Å². The van der Waals surface area contributed by atoms with E-state index in [-0.39, 0.29) is 12.0 Å². The van der Waals surface area contributed by atoms with Crippen LogP contribution in [0.4, 0.5) is 0 Å². The molecule has 4 nitrogen and oxygen atoms in total. The normalized spacial score (nSPS) is 35.7. The molecule has 0 aromatic carbocycles. The molecule has 1 N–H and O–H groups in total. The third kappa shape index (κ3) is 2.01. The van der Waals surface area contributed by atoms with Crippen molar-refractivity contribution in [2.45, 2.75) is 19.3 Å². The summed E-state index contributed by atoms with van der Waals surface area (Å²) < 4.78 is 5.31. The fourth-order valence-electron chi connectivity index (χ4n) is 3.36. The molecular formula is C11H19NO3. The van der Waals surface area contributed by atoms with Crippen molar-refractivity contribution in [3.05, 3.63) is 0 Å². The molecule has 2 rings (SSSR count). The Morgan fingerprint density at radius 1 is 1.67 bits per heavy atom. The zero-order chi connectivity index (χ0) is 10.9. The van der Waals surface area contributed by atoms with Crippen LogP contribution in [0.15, 0.2) is 0 Å². The maximum Gasteiger partial charge on any atom is 0.317 e. The Bertz CT molecular complexity index is 256. The number of likely N-dealkylation sites (tertiary alicyclic amines) is 1. The minimum Gasteiger partial charge on any atom is -0.480 e. The highest BCUT2D eigenvalue weighted by molar-refractivity contribution is 5.69. The minimum atomic E-state index is -0.720. The third-order valence-corrected chi connectivity index (χ3v) is 3.90. The lowest BCUT2D eigenvalue weighted by Crippen LogP contribution is -2.33. The topological polar surface area (TPSA) is 49.8 Å². The smallest absolute Gasteiger partial charge is 0.317 e. The summed E-state index contributed by atoms with van der Waals surface area (Å²) in [5, 5.41) is 8.78. The average molecular weight is 213 g/mol. The van der Waals surface area contributed by atoms with E-state index in [0.29, 0.717) is 5.92 Å². The number of carboxylic acid groups (broad SMARTS) is 1. The van der Waals surface area contributed by atoms with Gasteiger partial charge < -0.3 is 9.84 Å². The van der Waals surface area contributed by atoms with Gasteiger partial charge in [0.1, 0.15) is 0 Å². The van der Waals surface area contributed by atoms with Crippen molar-refractivity contribution in [1.29, 1.82) is 0 Å². The molecule has 15 heavy (non-hydrogen) atoms. The fraction of sp³-hybridized carbons (Fsp3) is 0.909. The Kier molecular flexibility index (Phi) is 2.98. The molecule has 4 heteroatoms. The molecule has 1 aliphatic heterocycles. The number of hydrogen-bond donors (Lipinski definition) is 1. The lowest BCUT2D eigenvalue weighted by Gasteiger charge is -2.27. The van der Waals surface area contributed by atoms with Crippen molar-refractivity contribution in [3.63, 3.8) is 0 Å². The summed E-state index contributed by atoms with van der Waals surface area (Å²) in [6.45, 7) is 2.81. The van der Waals surface area contributed by atoms with Gasteiger partial charge in [0, 0.05) is 25.6 Å². The van der Waals surface area contributed by atoms with E-state index < -0.39 is 5.97 Å². The predicted octanol–water partition coefficient (Wildman–Crippen LogP) is 0.820. The maximum atomic E-state index is 10.7. The van der Waals surface area contributed by atoms with Crippen LogP contribution in [0, 0.1) is 11.3 Å². The summed E-state index contributed by atoms with van der Waals surface area (Å²) in [6.07, 6.45) is 3.70. The van der Waals surface area contributed by atoms with E-state index in [1.807, 2.05) is 0 Å². The maximum absolute atomic E-state index is 10.7. The van der Waals surface area contributed by atoms with E-state index in [4.69, 9.17) is 9.84 Å². The Balaban J connectivity index is 2.00. The second kappa shape index (κ2) is 4.10. The van der Waals surface area contributed by atoms with Gasteiger partial charge in [0.05, 0.1) is 13.2 Å². The summed E-state index contributed by atoms with van der Waals surface area (Å²) in [7, 11) is 1.74. The van der Waals surface area contributed by atoms with Crippen molar-refractivity contribution in [2.24, 2.45) is 11.3 Å². The van der Waals surface area contributed by atoms with Gasteiger partial charge in [-0.3, -0.25) is 9.69 Å². The molecule has 1 saturated carbocycles. The molecule has 1 saturated heterocycles. The van der Waals surface area contributed by atoms with E-state index in [1.54, 1.807) is 7.11 Å². The standard InChI is InChI=1S/C11H19NO3/c1-15-8-11-4-2-3-9(11)5-12(7-11)6-10(13)14/h9H,2-8H2,1H3,(H,13,14)/t9-,11+/m1/s1. The summed E-state index contributed by atoms with van der Waals surface area (Å²) in [5.74, 6) is -0.0701. The molecule has 0 bridgehead atoms. The van der Waals surface area contributed by atoms with Crippen LogP contribution in [0.5, 0.6) is 0 Å². The van der Waals surface area contributed by atoms with Gasteiger partial charge in [-0.2, -0.15) is 0 Å². The lowest BCUT2D eigenvalue weighted by molar-refractivity contribution is -0.138. The summed E-state index contributed by atoms with van der Waals surface area (Å²) >= 11 is 0. The van der Waals surface area contributed by atoms with Gasteiger partial charge in [0.25, 0.3) is 0 Å². The van der Waals surface area contributed by atoms with Gasteiger partial charge >= 0.3 is 5.97 Å². The molecule has 2 fully saturated rings. The first-order chi connectivity index (χ1) is 7.16. The SMILES string of the molecule is COC[C@@]12CCC[C@@H]1CN(CC(=O)O)C2. The zero-order valence-corrected chi connectivity index (χ0v) is 9.24. The van der Waals surface area contributed by atoms with E-state index in [2.05, 4.69) is 4.90 Å². The molecule has 2 aliphatic rings. The number of ether oxygens (including phenoxy) is 1. The molecule has 0 radical (unpaired) electrons. The molecule has 0 aromatic rings. The molecule has 1 heterocycles. The first kappa shape index (κ1) is 10.9. The largest absolute Gasteiger partial charge is 0.480 e. The molecule has 0 aromatic heterocycles. The van der Waals surface area contributed by atoms with Crippen molar-refractivity contribution in [1.82, 2.24) is 4.90 Å². The summed E-state index contributed by atoms with van der Waals surface area (Å²) in [4.78, 5) is 12.7. The highest BCUT2D eigenvalue weighted by Gasteiger charge is 2.49. The highest BCUT2D eigenvalue weighted by Crippen LogP contribution is 2.48. The second-order valence-electron chi connectivity index (χ2n) is 4.95. The van der Waals surface area contributed by atoms with Gasteiger partial charge in [-0.15, -0.1) is 0 Å². The molecule has 1 aliphatic carbocycles. The quantitative estimate of drug-likeness (QED) is 0.751. The van der Waals surface area contributed by atoms with Crippen LogP contribution in [0.3, 0.4) is 0 Å². The number of fused-ring (bicyclic) bond motifs is 1. The number of rotatable bonds is 4. The molecule has 2 atom stereocenters. The number of methoxy groups -OCH3 is 1. The molecule has 86 valence electrons. The van der Waals surface area contributed by atoms with Gasteiger partial charge in [0.2, 0.25) is 0 Å². The van der Waals surface area contributed by atoms with Crippen molar-refractivity contribution < 1.29 is 14.6 Å². The van der Waals surface area contributed by atoms with E-state index >= 15 is 0 Å². The van der Waals surface area contributed by atoms with Crippen LogP contribution in [0.1, 0.15) is 19.3 Å². The third-order valence-electron chi connectivity index (χ3n) is 3.90. The van der Waals surface area contributed by atoms with Crippen LogP contribution >= 0.6 is 0 Å². The van der Waals surface area contributed by atoms with Gasteiger partial charge in [0.15, 0.2) is 0 Å². The summed E-state index contributed by atoms with van der Waals surface area (Å²) in [6, 6.07) is 0. The fourth-order valence-corrected chi connectivity index (χ4v) is 3.36. The van der Waals surface area contributed by atoms with Crippen LogP contribution in [0.25, 0.3) is 0 Å². The minimum absolute atomic E-state index is 0.183. The Morgan fingerprint density at radius 3 is 3.13 bits per heavy atom. The highest BCUT2D eigenvalue weighted by atomic mass is 16.5. The van der Waals surface area contributed by atoms with Crippen molar-refractivity contribution in [2.75, 3.05) is 33.4 Å². The first-order valence-corrected chi connectivity index (χ1v) is 5.59. The Morgan fingerprint density at radius 2 is 2.47 bits per heavy atom. The van der Waals surface area contributed by atoms with Crippen molar-refractivity contribution >= 4 is 5.97 Å². The zero-order valence-electron chi connectivity index (χ0n) is 9.24. The molecular weight excluding hydrogens is 194 g/mol. The van der Waals surface area contributed by atoms with Gasteiger partial charge in [-0.1, -0.05) is 6.42 Å². The number of nitrogens with zero attached hydrogens (tertiary/aromatic N) is 1. The first-order valence-electron chi connectivity index (χ1n) is 5.59. The number of carboxylic acids is 1. The van der Waals surface area contributed by atoms with Crippen LogP contribution in [-0.4, -0.2) is 49.3 Å². The molecule has 0 unspecified atom stereocenters. The number of carbonyl (C=O) groups is 1. The lowest BCUT2D eigenvalue weighted by atomic mass is 9.82. The van der Waals surface area contributed by atoms with E-state index in [9.17, 15) is 4.79 Å². The van der Waals surface area contributed by atoms with E-state index in [0.717, 1.165) is 19.7 Å². The molecule has 0 amide bonds. The number of aliphatic carboxylic acids is 1. The average Bonchev–Trinajstić information content (AvgIpc) is 2.59. The molecule has 0 spiro atoms. The van der Waals surface area contributed by atoms with Crippen molar-refractivity contribution in [3.8, 4) is 0 Å².